The molecule has 0 aliphatic heterocycles. The summed E-state index contributed by atoms with van der Waals surface area (Å²) in [5, 5.41) is 1.88. The van der Waals surface area contributed by atoms with Crippen LogP contribution in [0.2, 0.25) is 0 Å². The summed E-state index contributed by atoms with van der Waals surface area (Å²) in [5.41, 5.74) is 1.00. The molecule has 0 atom stereocenters. The number of aromatic nitrogens is 1. The molecule has 1 aromatic rings. The zero-order chi connectivity index (χ0) is 6.85. The fourth-order valence-electron chi connectivity index (χ4n) is 0.656. The molecule has 0 bridgehead atoms. The summed E-state index contributed by atoms with van der Waals surface area (Å²) in [6.45, 7) is 4.60. The van der Waals surface area contributed by atoms with Gasteiger partial charge in [-0.3, -0.25) is 8.75 Å². The molecule has 0 N–H and O–H groups in total. The van der Waals surface area contributed by atoms with E-state index in [0.717, 1.165) is 12.1 Å². The van der Waals surface area contributed by atoms with Crippen LogP contribution in [0.3, 0.4) is 0 Å². The third kappa shape index (κ3) is 1.05. The summed E-state index contributed by atoms with van der Waals surface area (Å²) in [6.07, 6.45) is 0. The van der Waals surface area contributed by atoms with Crippen molar-refractivity contribution in [3.8, 4) is 0 Å². The highest BCUT2D eigenvalue weighted by Gasteiger charge is 1.97. The zero-order valence-corrected chi connectivity index (χ0v) is 6.36. The van der Waals surface area contributed by atoms with Crippen molar-refractivity contribution in [2.45, 2.75) is 20.4 Å². The third-order valence-corrected chi connectivity index (χ3v) is 2.35. The normalized spacial score (nSPS) is 10.0. The molecule has 0 saturated heterocycles. The summed E-state index contributed by atoms with van der Waals surface area (Å²) in [4.78, 5) is 11.0. The summed E-state index contributed by atoms with van der Waals surface area (Å²) in [6, 6.07) is 0. The van der Waals surface area contributed by atoms with E-state index in [2.05, 4.69) is 0 Å². The maximum absolute atomic E-state index is 11.0. The Bertz CT molecular complexity index is 248. The van der Waals surface area contributed by atoms with Crippen molar-refractivity contribution < 1.29 is 0 Å². The van der Waals surface area contributed by atoms with Crippen molar-refractivity contribution in [1.29, 1.82) is 0 Å². The van der Waals surface area contributed by atoms with Crippen LogP contribution in [0, 0.1) is 6.92 Å². The summed E-state index contributed by atoms with van der Waals surface area (Å²) < 4.78 is 1.73. The van der Waals surface area contributed by atoms with Gasteiger partial charge in [0.05, 0.1) is 0 Å². The Morgan fingerprint density at radius 1 is 1.78 bits per heavy atom. The van der Waals surface area contributed by atoms with E-state index in [1.807, 2.05) is 19.2 Å². The Morgan fingerprint density at radius 2 is 2.44 bits per heavy atom. The van der Waals surface area contributed by atoms with Crippen LogP contribution in [0.1, 0.15) is 12.5 Å². The molecule has 2 nitrogen and oxygen atoms in total. The van der Waals surface area contributed by atoms with Crippen LogP contribution < -0.4 is 5.56 Å². The third-order valence-electron chi connectivity index (χ3n) is 1.21. The Morgan fingerprint density at radius 3 is 2.67 bits per heavy atom. The van der Waals surface area contributed by atoms with E-state index in [9.17, 15) is 4.79 Å². The number of hydrogen-bond donors (Lipinski definition) is 0. The molecule has 0 fully saturated rings. The molecule has 0 saturated carbocycles. The maximum atomic E-state index is 11.0. The molecule has 0 aromatic carbocycles. The van der Waals surface area contributed by atoms with E-state index in [1.54, 1.807) is 3.96 Å². The molecule has 9 heavy (non-hydrogen) atoms. The van der Waals surface area contributed by atoms with E-state index in [-0.39, 0.29) is 5.56 Å². The van der Waals surface area contributed by atoms with Crippen LogP contribution in [0.15, 0.2) is 10.2 Å². The van der Waals surface area contributed by atoms with E-state index < -0.39 is 0 Å². The van der Waals surface area contributed by atoms with E-state index in [4.69, 9.17) is 0 Å². The maximum Gasteiger partial charge on any atom is 0.263 e. The number of hydrogen-bond acceptors (Lipinski definition) is 2. The van der Waals surface area contributed by atoms with Gasteiger partial charge in [0.2, 0.25) is 0 Å². The predicted octanol–water partition coefficient (Wildman–Crippen LogP) is 1.24. The van der Waals surface area contributed by atoms with Crippen molar-refractivity contribution in [1.82, 2.24) is 3.96 Å². The SMILES string of the molecule is CCn1scc(C)c1=O. The van der Waals surface area contributed by atoms with Gasteiger partial charge in [-0.05, 0) is 13.8 Å². The molecule has 3 heteroatoms. The van der Waals surface area contributed by atoms with Crippen LogP contribution >= 0.6 is 11.5 Å². The second-order valence-electron chi connectivity index (χ2n) is 1.91. The average Bonchev–Trinajstić information content (AvgIpc) is 2.15. The molecule has 1 rings (SSSR count). The van der Waals surface area contributed by atoms with Gasteiger partial charge in [-0.2, -0.15) is 0 Å². The molecular formula is C6H9NOS. The Kier molecular flexibility index (Phi) is 1.71. The molecule has 1 heterocycles. The summed E-state index contributed by atoms with van der Waals surface area (Å²) in [7, 11) is 0. The van der Waals surface area contributed by atoms with E-state index >= 15 is 0 Å². The van der Waals surface area contributed by atoms with Gasteiger partial charge in [-0.15, -0.1) is 0 Å². The zero-order valence-electron chi connectivity index (χ0n) is 5.55. The largest absolute Gasteiger partial charge is 0.268 e. The summed E-state index contributed by atoms with van der Waals surface area (Å²) in [5.74, 6) is 0. The fourth-order valence-corrected chi connectivity index (χ4v) is 1.43. The van der Waals surface area contributed by atoms with Crippen molar-refractivity contribution in [2.75, 3.05) is 0 Å². The molecule has 0 radical (unpaired) electrons. The minimum Gasteiger partial charge on any atom is -0.268 e. The smallest absolute Gasteiger partial charge is 0.263 e. The standard InChI is InChI=1S/C6H9NOS/c1-3-7-6(8)5(2)4-9-7/h4H,3H2,1-2H3. The van der Waals surface area contributed by atoms with Gasteiger partial charge in [0.25, 0.3) is 5.56 Å². The van der Waals surface area contributed by atoms with Crippen LogP contribution in [-0.4, -0.2) is 3.96 Å². The van der Waals surface area contributed by atoms with Crippen molar-refractivity contribution in [3.05, 3.63) is 21.3 Å². The first-order valence-corrected chi connectivity index (χ1v) is 3.74. The highest BCUT2D eigenvalue weighted by Crippen LogP contribution is 1.97. The second-order valence-corrected chi connectivity index (χ2v) is 2.79. The predicted molar refractivity (Wildman–Crippen MR) is 39.0 cm³/mol. The minimum absolute atomic E-state index is 0.155. The van der Waals surface area contributed by atoms with Gasteiger partial charge >= 0.3 is 0 Å². The van der Waals surface area contributed by atoms with E-state index in [0.29, 0.717) is 0 Å². The minimum atomic E-state index is 0.155. The lowest BCUT2D eigenvalue weighted by molar-refractivity contribution is 0.805. The molecule has 0 aliphatic rings. The van der Waals surface area contributed by atoms with Crippen molar-refractivity contribution in [3.63, 3.8) is 0 Å². The topological polar surface area (TPSA) is 22.0 Å². The number of rotatable bonds is 1. The number of aryl methyl sites for hydroxylation is 2. The molecule has 0 spiro atoms. The quantitative estimate of drug-likeness (QED) is 0.579. The van der Waals surface area contributed by atoms with Gasteiger partial charge in [0, 0.05) is 17.5 Å². The van der Waals surface area contributed by atoms with Crippen LogP contribution in [0.4, 0.5) is 0 Å². The fraction of sp³-hybridized carbons (Fsp3) is 0.500. The van der Waals surface area contributed by atoms with Crippen LogP contribution in [0.25, 0.3) is 0 Å². The Labute approximate surface area is 57.9 Å². The molecule has 1 aromatic heterocycles. The average molecular weight is 143 g/mol. The van der Waals surface area contributed by atoms with Gasteiger partial charge in [0.1, 0.15) is 0 Å². The molecule has 0 unspecified atom stereocenters. The first kappa shape index (κ1) is 6.55. The highest BCUT2D eigenvalue weighted by molar-refractivity contribution is 7.04. The monoisotopic (exact) mass is 143 g/mol. The lowest BCUT2D eigenvalue weighted by Crippen LogP contribution is -2.12. The lowest BCUT2D eigenvalue weighted by atomic mass is 10.4. The second kappa shape index (κ2) is 2.35. The molecule has 0 amide bonds. The van der Waals surface area contributed by atoms with Crippen LogP contribution in [-0.2, 0) is 6.54 Å². The first-order valence-electron chi connectivity index (χ1n) is 2.91. The highest BCUT2D eigenvalue weighted by atomic mass is 32.1. The molecule has 50 valence electrons. The van der Waals surface area contributed by atoms with E-state index in [1.165, 1.54) is 11.5 Å². The van der Waals surface area contributed by atoms with Gasteiger partial charge in [0.15, 0.2) is 0 Å². The lowest BCUT2D eigenvalue weighted by Gasteiger charge is -1.87. The van der Waals surface area contributed by atoms with Crippen LogP contribution in [0.5, 0.6) is 0 Å². The van der Waals surface area contributed by atoms with Gasteiger partial charge in [-0.25, -0.2) is 0 Å². The van der Waals surface area contributed by atoms with Gasteiger partial charge in [-0.1, -0.05) is 11.5 Å². The summed E-state index contributed by atoms with van der Waals surface area (Å²) >= 11 is 1.48. The van der Waals surface area contributed by atoms with Gasteiger partial charge < -0.3 is 0 Å². The van der Waals surface area contributed by atoms with Crippen molar-refractivity contribution in [2.24, 2.45) is 0 Å². The molecule has 0 aliphatic carbocycles. The number of nitrogens with zero attached hydrogens (tertiary/aromatic N) is 1. The van der Waals surface area contributed by atoms with Crippen molar-refractivity contribution >= 4 is 11.5 Å². The Balaban J connectivity index is 3.20. The Hall–Kier alpha value is -0.570. The molecular weight excluding hydrogens is 134 g/mol. The first-order chi connectivity index (χ1) is 4.25.